The summed E-state index contributed by atoms with van der Waals surface area (Å²) < 4.78 is 0. The Morgan fingerprint density at radius 2 is 0.797 bits per heavy atom. The summed E-state index contributed by atoms with van der Waals surface area (Å²) in [4.78, 5) is 10.0. The van der Waals surface area contributed by atoms with Gasteiger partial charge in [-0.3, -0.25) is 4.98 Å². The molecule has 368 valence electrons. The zero-order valence-corrected chi connectivity index (χ0v) is 46.3. The van der Waals surface area contributed by atoms with Gasteiger partial charge in [0.15, 0.2) is 0 Å². The molecule has 0 amide bonds. The molecule has 0 N–H and O–H groups in total. The Labute approximate surface area is 453 Å². The van der Waals surface area contributed by atoms with Crippen LogP contribution in [0, 0.1) is 60.3 Å². The van der Waals surface area contributed by atoms with Gasteiger partial charge in [-0.2, -0.15) is 55.2 Å². The summed E-state index contributed by atoms with van der Waals surface area (Å²) in [5.74, 6) is 0. The van der Waals surface area contributed by atoms with Crippen molar-refractivity contribution in [3.63, 3.8) is 0 Å². The van der Waals surface area contributed by atoms with Crippen molar-refractivity contribution in [2.75, 3.05) is 7.05 Å². The largest absolute Gasteiger partial charge is 0.511 e. The Bertz CT molecular complexity index is 3670. The molecule has 13 rings (SSSR count). The number of rotatable bonds is 6. The van der Waals surface area contributed by atoms with Crippen molar-refractivity contribution in [2.24, 2.45) is 0 Å². The minimum atomic E-state index is -0.827. The Kier molecular flexibility index (Phi) is 11.0. The summed E-state index contributed by atoms with van der Waals surface area (Å²) in [6, 6.07) is 69.5. The number of pyridine rings is 1. The minimum absolute atomic E-state index is 0. The molecular weight excluding hydrogens is 1080 g/mol. The molecule has 0 bridgehead atoms. The van der Waals surface area contributed by atoms with E-state index in [0.717, 1.165) is 27.9 Å². The molecule has 0 unspecified atom stereocenters. The zero-order valence-electron chi connectivity index (χ0n) is 44.0. The molecule has 0 radical (unpaired) electrons. The molecule has 9 aromatic rings. The molecule has 4 heteroatoms. The molecule has 8 aromatic carbocycles. The predicted octanol–water partition coefficient (Wildman–Crippen LogP) is 15.7. The standard InChI is InChI=1S/C70H60N3.Pt/c1-43-17-23-54-55-24-18-44(2)34-61(55)68(60(54)33-43,51-14-12-16-53(40-51)70(73-32-31-72(10)42-73)64-37-47(5)21-27-58(64)59-28-22-48(6)38-65(59)70)50-13-11-15-52(39-50)69(66-41-49(29-30-71-66)67(7,8)9)62-35-45(3)19-25-56(62)57-26-20-46(4)36-63(57)69;/h11-38,41-42H,1-10H3;/q-3;. The second kappa shape index (κ2) is 17.0. The molecule has 0 atom stereocenters. The molecule has 4 aliphatic rings. The van der Waals surface area contributed by atoms with Crippen LogP contribution >= 0.6 is 0 Å². The van der Waals surface area contributed by atoms with Gasteiger partial charge in [-0.1, -0.05) is 163 Å². The summed E-state index contributed by atoms with van der Waals surface area (Å²) in [5, 5.41) is 0. The first-order chi connectivity index (χ1) is 35.1. The van der Waals surface area contributed by atoms with E-state index >= 15 is 0 Å². The van der Waals surface area contributed by atoms with Gasteiger partial charge in [0.05, 0.1) is 16.6 Å². The van der Waals surface area contributed by atoms with Crippen LogP contribution in [0.4, 0.5) is 0 Å². The van der Waals surface area contributed by atoms with Gasteiger partial charge in [0, 0.05) is 32.7 Å². The van der Waals surface area contributed by atoms with Crippen molar-refractivity contribution in [2.45, 2.75) is 84.1 Å². The average molecular weight is 1140 g/mol. The Balaban J connectivity index is 0.00000556. The van der Waals surface area contributed by atoms with E-state index in [9.17, 15) is 0 Å². The fraction of sp³-hybridized carbons (Fsp3) is 0.200. The number of aromatic nitrogens is 1. The number of fused-ring (bicyclic) bond motifs is 9. The number of hydrogen-bond acceptors (Lipinski definition) is 3. The van der Waals surface area contributed by atoms with Crippen LogP contribution in [0.25, 0.3) is 33.4 Å². The van der Waals surface area contributed by atoms with E-state index in [1.165, 1.54) is 106 Å². The van der Waals surface area contributed by atoms with Gasteiger partial charge in [-0.15, -0.1) is 22.3 Å². The fourth-order valence-corrected chi connectivity index (χ4v) is 13.3. The smallest absolute Gasteiger partial charge is 0.0686 e. The van der Waals surface area contributed by atoms with Crippen molar-refractivity contribution in [1.29, 1.82) is 0 Å². The van der Waals surface area contributed by atoms with Crippen molar-refractivity contribution in [3.05, 3.63) is 295 Å². The van der Waals surface area contributed by atoms with Crippen LogP contribution < -0.4 is 0 Å². The minimum Gasteiger partial charge on any atom is -0.511 e. The maximum atomic E-state index is 5.45. The topological polar surface area (TPSA) is 19.4 Å². The monoisotopic (exact) mass is 1140 g/mol. The normalized spacial score (nSPS) is 15.8. The molecular formula is C70H60N3Pt-3. The van der Waals surface area contributed by atoms with E-state index in [-0.39, 0.29) is 26.5 Å². The zero-order chi connectivity index (χ0) is 50.3. The van der Waals surface area contributed by atoms with Crippen LogP contribution in [0.2, 0.25) is 0 Å². The summed E-state index contributed by atoms with van der Waals surface area (Å²) in [6.45, 7) is 22.5. The van der Waals surface area contributed by atoms with Gasteiger partial charge in [0.1, 0.15) is 0 Å². The van der Waals surface area contributed by atoms with E-state index in [2.05, 4.69) is 268 Å². The number of benzene rings is 8. The third-order valence-electron chi connectivity index (χ3n) is 16.7. The summed E-state index contributed by atoms with van der Waals surface area (Å²) in [7, 11) is 2.12. The second-order valence-corrected chi connectivity index (χ2v) is 22.6. The Morgan fingerprint density at radius 1 is 0.432 bits per heavy atom. The number of hydrogen-bond donors (Lipinski definition) is 0. The number of nitrogens with zero attached hydrogens (tertiary/aromatic N) is 3. The Hall–Kier alpha value is -7.06. The van der Waals surface area contributed by atoms with Gasteiger partial charge in [-0.05, 0) is 151 Å². The first-order valence-electron chi connectivity index (χ1n) is 25.9. The quantitative estimate of drug-likeness (QED) is 0.155. The van der Waals surface area contributed by atoms with Crippen molar-refractivity contribution < 1.29 is 21.1 Å². The first kappa shape index (κ1) is 47.9. The molecule has 1 aliphatic heterocycles. The second-order valence-electron chi connectivity index (χ2n) is 22.6. The molecule has 0 saturated heterocycles. The maximum absolute atomic E-state index is 5.45. The average Bonchev–Trinajstić information content (AvgIpc) is 4.09. The third-order valence-corrected chi connectivity index (χ3v) is 16.7. The summed E-state index contributed by atoms with van der Waals surface area (Å²) in [5.41, 5.74) is 26.5. The van der Waals surface area contributed by atoms with Gasteiger partial charge < -0.3 is 9.80 Å². The van der Waals surface area contributed by atoms with Crippen LogP contribution in [0.5, 0.6) is 0 Å². The molecule has 0 saturated carbocycles. The van der Waals surface area contributed by atoms with Gasteiger partial charge in [0.25, 0.3) is 0 Å². The van der Waals surface area contributed by atoms with E-state index in [4.69, 9.17) is 4.98 Å². The van der Waals surface area contributed by atoms with Crippen LogP contribution in [0.1, 0.15) is 121 Å². The van der Waals surface area contributed by atoms with Crippen LogP contribution in [-0.4, -0.2) is 21.8 Å². The van der Waals surface area contributed by atoms with Gasteiger partial charge in [0.2, 0.25) is 0 Å². The molecule has 74 heavy (non-hydrogen) atoms. The van der Waals surface area contributed by atoms with Crippen molar-refractivity contribution >= 4 is 0 Å². The predicted molar refractivity (Wildman–Crippen MR) is 298 cm³/mol. The maximum Gasteiger partial charge on any atom is 0.0686 e. The molecule has 3 nitrogen and oxygen atoms in total. The summed E-state index contributed by atoms with van der Waals surface area (Å²) >= 11 is 0. The SMILES string of the molecule is Cc1ccc2c(c1)C(c1[c-]c(C3(c4cc(C(C)(C)C)ccn4)c4cc(C)ccc4-c4ccc(C)cc43)ccc1)(c1[c-]c(C3(N4C=CN(C)[CH-]4)c4cc(C)ccc4-c4ccc(C)cc43)ccc1)c1cc(C)ccc1-2.[Pt]. The van der Waals surface area contributed by atoms with Crippen molar-refractivity contribution in [1.82, 2.24) is 14.8 Å². The molecule has 0 fully saturated rings. The fourth-order valence-electron chi connectivity index (χ4n) is 13.3. The molecule has 1 aromatic heterocycles. The summed E-state index contributed by atoms with van der Waals surface area (Å²) in [6.07, 6.45) is 6.44. The van der Waals surface area contributed by atoms with E-state index in [1.807, 2.05) is 6.20 Å². The van der Waals surface area contributed by atoms with Crippen LogP contribution in [0.15, 0.2) is 176 Å². The van der Waals surface area contributed by atoms with E-state index in [0.29, 0.717) is 0 Å². The Morgan fingerprint density at radius 3 is 1.20 bits per heavy atom. The molecule has 0 spiro atoms. The molecule has 2 heterocycles. The van der Waals surface area contributed by atoms with E-state index in [1.54, 1.807) is 0 Å². The van der Waals surface area contributed by atoms with Gasteiger partial charge >= 0.3 is 0 Å². The number of aryl methyl sites for hydroxylation is 6. The first-order valence-corrected chi connectivity index (χ1v) is 25.9. The third kappa shape index (κ3) is 6.64. The van der Waals surface area contributed by atoms with Gasteiger partial charge in [-0.25, -0.2) is 0 Å². The van der Waals surface area contributed by atoms with Crippen molar-refractivity contribution in [3.8, 4) is 33.4 Å². The van der Waals surface area contributed by atoms with Crippen LogP contribution in [0.3, 0.4) is 0 Å². The van der Waals surface area contributed by atoms with Crippen LogP contribution in [-0.2, 0) is 42.8 Å². The van der Waals surface area contributed by atoms with E-state index < -0.39 is 16.4 Å². The molecule has 3 aliphatic carbocycles.